The highest BCUT2D eigenvalue weighted by Crippen LogP contribution is 2.65. The van der Waals surface area contributed by atoms with Crippen LogP contribution in [0.3, 0.4) is 0 Å². The Morgan fingerprint density at radius 3 is 2.52 bits per heavy atom. The Hall–Kier alpha value is -2.86. The van der Waals surface area contributed by atoms with Crippen LogP contribution in [0.25, 0.3) is 11.1 Å². The van der Waals surface area contributed by atoms with Crippen molar-refractivity contribution < 1.29 is 0 Å². The maximum absolute atomic E-state index is 2.53. The van der Waals surface area contributed by atoms with Crippen molar-refractivity contribution in [2.24, 2.45) is 5.92 Å². The molecule has 1 spiro atoms. The Kier molecular flexibility index (Phi) is 3.56. The van der Waals surface area contributed by atoms with Gasteiger partial charge in [-0.25, -0.2) is 0 Å². The fourth-order valence-corrected chi connectivity index (χ4v) is 6.25. The van der Waals surface area contributed by atoms with Crippen LogP contribution in [-0.2, 0) is 11.8 Å². The van der Waals surface area contributed by atoms with Crippen LogP contribution in [0.15, 0.2) is 85.0 Å². The molecule has 0 fully saturated rings. The van der Waals surface area contributed by atoms with Gasteiger partial charge in [-0.1, -0.05) is 104 Å². The van der Waals surface area contributed by atoms with E-state index in [1.165, 1.54) is 50.9 Å². The predicted octanol–water partition coefficient (Wildman–Crippen LogP) is 7.10. The Morgan fingerprint density at radius 2 is 1.62 bits per heavy atom. The van der Waals surface area contributed by atoms with Gasteiger partial charge in [0, 0.05) is 11.8 Å². The van der Waals surface area contributed by atoms with Crippen LogP contribution < -0.4 is 0 Å². The molecule has 0 saturated heterocycles. The van der Waals surface area contributed by atoms with Crippen molar-refractivity contribution in [3.8, 4) is 11.1 Å². The molecule has 0 aromatic heterocycles. The first-order chi connectivity index (χ1) is 14.2. The molecule has 3 aliphatic carbocycles. The highest BCUT2D eigenvalue weighted by molar-refractivity contribution is 5.86. The van der Waals surface area contributed by atoms with E-state index in [1.54, 1.807) is 0 Å². The molecule has 3 aliphatic rings. The number of fused-ring (bicyclic) bond motifs is 10. The highest BCUT2D eigenvalue weighted by Gasteiger charge is 2.56. The Labute approximate surface area is 173 Å². The fraction of sp³-hybridized carbons (Fsp3) is 0.241. The second-order valence-electron chi connectivity index (χ2n) is 8.90. The average Bonchev–Trinajstić information content (AvgIpc) is 3.20. The molecule has 0 bridgehead atoms. The minimum absolute atomic E-state index is 0.0804. The lowest BCUT2D eigenvalue weighted by Crippen LogP contribution is -2.33. The van der Waals surface area contributed by atoms with Crippen molar-refractivity contribution in [2.75, 3.05) is 0 Å². The molecule has 0 radical (unpaired) electrons. The summed E-state index contributed by atoms with van der Waals surface area (Å²) in [6, 6.07) is 23.5. The predicted molar refractivity (Wildman–Crippen MR) is 121 cm³/mol. The van der Waals surface area contributed by atoms with E-state index >= 15 is 0 Å². The number of aryl methyl sites for hydroxylation is 2. The smallest absolute Gasteiger partial charge is 0.0538 e. The van der Waals surface area contributed by atoms with Crippen molar-refractivity contribution in [3.05, 3.63) is 118 Å². The van der Waals surface area contributed by atoms with Gasteiger partial charge in [0.15, 0.2) is 0 Å². The van der Waals surface area contributed by atoms with Gasteiger partial charge in [-0.3, -0.25) is 0 Å². The van der Waals surface area contributed by atoms with Crippen LogP contribution in [0.5, 0.6) is 0 Å². The van der Waals surface area contributed by atoms with E-state index in [0.29, 0.717) is 11.8 Å². The van der Waals surface area contributed by atoms with Crippen LogP contribution in [0, 0.1) is 12.8 Å². The standard InChI is InChI=1S/C29H26/c1-3-8-20-14-16-24-22-10-5-7-12-26(22)29(28(24)18-20)25-11-6-4-9-21(25)23-15-13-19(2)17-27(23)29/h4-7,9-18,21,25H,3,8H2,1-2H3. The van der Waals surface area contributed by atoms with Crippen molar-refractivity contribution >= 4 is 0 Å². The van der Waals surface area contributed by atoms with E-state index in [-0.39, 0.29) is 5.41 Å². The van der Waals surface area contributed by atoms with Crippen molar-refractivity contribution in [1.82, 2.24) is 0 Å². The summed E-state index contributed by atoms with van der Waals surface area (Å²) in [5, 5.41) is 0. The molecule has 0 amide bonds. The molecule has 6 rings (SSSR count). The second-order valence-corrected chi connectivity index (χ2v) is 8.90. The van der Waals surface area contributed by atoms with E-state index in [0.717, 1.165) is 6.42 Å². The molecule has 0 saturated carbocycles. The summed E-state index contributed by atoms with van der Waals surface area (Å²) < 4.78 is 0. The van der Waals surface area contributed by atoms with Gasteiger partial charge in [0.25, 0.3) is 0 Å². The molecular formula is C29H26. The molecular weight excluding hydrogens is 348 g/mol. The number of rotatable bonds is 2. The third-order valence-electron chi connectivity index (χ3n) is 7.32. The van der Waals surface area contributed by atoms with Gasteiger partial charge < -0.3 is 0 Å². The summed E-state index contributed by atoms with van der Waals surface area (Å²) in [6.07, 6.45) is 11.7. The first-order valence-electron chi connectivity index (χ1n) is 10.9. The van der Waals surface area contributed by atoms with Crippen LogP contribution in [0.2, 0.25) is 0 Å². The van der Waals surface area contributed by atoms with Crippen LogP contribution in [0.4, 0.5) is 0 Å². The zero-order chi connectivity index (χ0) is 19.6. The molecule has 3 unspecified atom stereocenters. The fourth-order valence-electron chi connectivity index (χ4n) is 6.25. The lowest BCUT2D eigenvalue weighted by atomic mass is 9.65. The van der Waals surface area contributed by atoms with E-state index in [2.05, 4.69) is 98.8 Å². The topological polar surface area (TPSA) is 0 Å². The van der Waals surface area contributed by atoms with Crippen molar-refractivity contribution in [2.45, 2.75) is 38.0 Å². The zero-order valence-corrected chi connectivity index (χ0v) is 17.2. The third-order valence-corrected chi connectivity index (χ3v) is 7.32. The van der Waals surface area contributed by atoms with E-state index in [1.807, 2.05) is 0 Å². The molecule has 3 aromatic carbocycles. The zero-order valence-electron chi connectivity index (χ0n) is 17.2. The van der Waals surface area contributed by atoms with Gasteiger partial charge in [-0.15, -0.1) is 0 Å². The summed E-state index contributed by atoms with van der Waals surface area (Å²) in [5.41, 5.74) is 11.6. The maximum atomic E-state index is 2.53. The minimum Gasteiger partial charge on any atom is -0.0789 e. The molecule has 3 atom stereocenters. The average molecular weight is 375 g/mol. The Bertz CT molecular complexity index is 1190. The van der Waals surface area contributed by atoms with Gasteiger partial charge in [0.1, 0.15) is 0 Å². The van der Waals surface area contributed by atoms with Gasteiger partial charge >= 0.3 is 0 Å². The van der Waals surface area contributed by atoms with Crippen LogP contribution in [-0.4, -0.2) is 0 Å². The molecule has 0 heterocycles. The number of allylic oxidation sites excluding steroid dienone is 4. The van der Waals surface area contributed by atoms with Crippen molar-refractivity contribution in [1.29, 1.82) is 0 Å². The molecule has 0 aliphatic heterocycles. The molecule has 3 aromatic rings. The second kappa shape index (κ2) is 6.07. The third kappa shape index (κ3) is 2.10. The van der Waals surface area contributed by atoms with Crippen LogP contribution >= 0.6 is 0 Å². The summed E-state index contributed by atoms with van der Waals surface area (Å²) >= 11 is 0. The van der Waals surface area contributed by atoms with Gasteiger partial charge in [0.2, 0.25) is 0 Å². The van der Waals surface area contributed by atoms with Gasteiger partial charge in [-0.05, 0) is 52.3 Å². The first-order valence-corrected chi connectivity index (χ1v) is 10.9. The Morgan fingerprint density at radius 1 is 0.793 bits per heavy atom. The molecule has 142 valence electrons. The highest BCUT2D eigenvalue weighted by atomic mass is 14.6. The lowest BCUT2D eigenvalue weighted by Gasteiger charge is -2.36. The minimum atomic E-state index is -0.0804. The lowest BCUT2D eigenvalue weighted by molar-refractivity contribution is 0.465. The largest absolute Gasteiger partial charge is 0.0789 e. The quantitative estimate of drug-likeness (QED) is 0.449. The normalized spacial score (nSPS) is 25.0. The van der Waals surface area contributed by atoms with E-state index in [9.17, 15) is 0 Å². The number of hydrogen-bond acceptors (Lipinski definition) is 0. The summed E-state index contributed by atoms with van der Waals surface area (Å²) in [6.45, 7) is 4.51. The van der Waals surface area contributed by atoms with Gasteiger partial charge in [-0.2, -0.15) is 0 Å². The molecule has 29 heavy (non-hydrogen) atoms. The summed E-state index contributed by atoms with van der Waals surface area (Å²) in [4.78, 5) is 0. The monoisotopic (exact) mass is 374 g/mol. The number of benzene rings is 3. The molecule has 0 heteroatoms. The molecule has 0 N–H and O–H groups in total. The first kappa shape index (κ1) is 17.0. The number of hydrogen-bond donors (Lipinski definition) is 0. The maximum Gasteiger partial charge on any atom is 0.0538 e. The molecule has 0 nitrogen and oxygen atoms in total. The summed E-state index contributed by atoms with van der Waals surface area (Å²) in [5.74, 6) is 0.882. The van der Waals surface area contributed by atoms with Crippen LogP contribution in [0.1, 0.15) is 52.6 Å². The van der Waals surface area contributed by atoms with E-state index < -0.39 is 0 Å². The van der Waals surface area contributed by atoms with E-state index in [4.69, 9.17) is 0 Å². The Balaban J connectivity index is 1.75. The van der Waals surface area contributed by atoms with Crippen molar-refractivity contribution in [3.63, 3.8) is 0 Å². The van der Waals surface area contributed by atoms with Gasteiger partial charge in [0.05, 0.1) is 5.41 Å². The summed E-state index contributed by atoms with van der Waals surface area (Å²) in [7, 11) is 0. The SMILES string of the molecule is CCCc1ccc2c(c1)C1(c3ccccc3-2)c2cc(C)ccc2C2C=CC=CC21.